The van der Waals surface area contributed by atoms with Gasteiger partial charge in [0.05, 0.1) is 0 Å². The predicted molar refractivity (Wildman–Crippen MR) is 109 cm³/mol. The zero-order valence-corrected chi connectivity index (χ0v) is 16.5. The molecule has 0 radical (unpaired) electrons. The lowest BCUT2D eigenvalue weighted by atomic mass is 10.1. The Balaban J connectivity index is 2.16. The molecule has 2 aromatic rings. The van der Waals surface area contributed by atoms with E-state index in [1.807, 2.05) is 36.4 Å². The molecule has 2 aromatic carbocycles. The van der Waals surface area contributed by atoms with Crippen LogP contribution >= 0.6 is 7.14 Å². The third-order valence-corrected chi connectivity index (χ3v) is 8.15. The Morgan fingerprint density at radius 2 is 1.15 bits per heavy atom. The summed E-state index contributed by atoms with van der Waals surface area (Å²) < 4.78 is 13.8. The lowest BCUT2D eigenvalue weighted by Crippen LogP contribution is -2.11. The maximum absolute atomic E-state index is 13.8. The van der Waals surface area contributed by atoms with Crippen LogP contribution in [-0.4, -0.2) is 16.4 Å². The molecule has 2 rings (SSSR count). The Morgan fingerprint density at radius 3 is 1.62 bits per heavy atom. The lowest BCUT2D eigenvalue weighted by molar-refractivity contribution is 0.211. The van der Waals surface area contributed by atoms with Gasteiger partial charge in [0.25, 0.3) is 0 Å². The molecule has 0 aromatic heterocycles. The van der Waals surface area contributed by atoms with Crippen LogP contribution in [0.3, 0.4) is 0 Å². The minimum atomic E-state index is -3.29. The van der Waals surface area contributed by atoms with Crippen molar-refractivity contribution in [2.24, 2.45) is 0 Å². The fourth-order valence-corrected chi connectivity index (χ4v) is 6.10. The quantitative estimate of drug-likeness (QED) is 0.369. The normalized spacial score (nSPS) is 16.0. The largest absolute Gasteiger partial charge is 0.381 e. The smallest absolute Gasteiger partial charge is 0.150 e. The SMILES string of the molecule is CCCCCCCCP(=O)(C(O)c1ccccc1)C(O)c1ccccc1. The highest BCUT2D eigenvalue weighted by Gasteiger charge is 2.40. The third-order valence-electron chi connectivity index (χ3n) is 4.88. The van der Waals surface area contributed by atoms with Gasteiger partial charge in [-0.15, -0.1) is 0 Å². The van der Waals surface area contributed by atoms with Gasteiger partial charge in [-0.05, 0) is 17.5 Å². The van der Waals surface area contributed by atoms with Crippen LogP contribution in [0.5, 0.6) is 0 Å². The van der Waals surface area contributed by atoms with Crippen LogP contribution in [0, 0.1) is 0 Å². The molecular weight excluding hydrogens is 343 g/mol. The van der Waals surface area contributed by atoms with Crippen molar-refractivity contribution in [3.05, 3.63) is 71.8 Å². The van der Waals surface area contributed by atoms with Gasteiger partial charge < -0.3 is 14.8 Å². The number of unbranched alkanes of at least 4 members (excludes halogenated alkanes) is 5. The molecule has 0 saturated heterocycles. The molecule has 0 fully saturated rings. The van der Waals surface area contributed by atoms with Crippen molar-refractivity contribution in [3.8, 4) is 0 Å². The number of aliphatic hydroxyl groups is 2. The monoisotopic (exact) mass is 374 g/mol. The van der Waals surface area contributed by atoms with Crippen LogP contribution in [-0.2, 0) is 4.57 Å². The molecule has 0 aliphatic carbocycles. The average molecular weight is 374 g/mol. The molecule has 0 heterocycles. The zero-order chi connectivity index (χ0) is 18.8. The Kier molecular flexibility index (Phi) is 8.58. The van der Waals surface area contributed by atoms with Gasteiger partial charge in [0, 0.05) is 6.16 Å². The van der Waals surface area contributed by atoms with E-state index in [-0.39, 0.29) is 0 Å². The van der Waals surface area contributed by atoms with E-state index in [1.54, 1.807) is 24.3 Å². The summed E-state index contributed by atoms with van der Waals surface area (Å²) in [5.41, 5.74) is 1.22. The van der Waals surface area contributed by atoms with Crippen molar-refractivity contribution < 1.29 is 14.8 Å². The Labute approximate surface area is 157 Å². The molecule has 2 unspecified atom stereocenters. The molecule has 2 N–H and O–H groups in total. The van der Waals surface area contributed by atoms with Crippen molar-refractivity contribution in [3.63, 3.8) is 0 Å². The van der Waals surface area contributed by atoms with Gasteiger partial charge in [-0.2, -0.15) is 0 Å². The van der Waals surface area contributed by atoms with Crippen LogP contribution in [0.4, 0.5) is 0 Å². The van der Waals surface area contributed by atoms with Gasteiger partial charge in [0.15, 0.2) is 7.14 Å². The van der Waals surface area contributed by atoms with Crippen LogP contribution in [0.25, 0.3) is 0 Å². The molecule has 0 aliphatic heterocycles. The number of rotatable bonds is 11. The highest BCUT2D eigenvalue weighted by Crippen LogP contribution is 2.67. The zero-order valence-electron chi connectivity index (χ0n) is 15.6. The summed E-state index contributed by atoms with van der Waals surface area (Å²) in [6.07, 6.45) is 6.79. The first-order valence-corrected chi connectivity index (χ1v) is 11.7. The molecule has 0 saturated carbocycles. The second kappa shape index (κ2) is 10.7. The maximum Gasteiger partial charge on any atom is 0.150 e. The summed E-state index contributed by atoms with van der Waals surface area (Å²) in [5, 5.41) is 21.8. The summed E-state index contributed by atoms with van der Waals surface area (Å²) in [6, 6.07) is 18.1. The second-order valence-corrected chi connectivity index (χ2v) is 10.0. The van der Waals surface area contributed by atoms with Gasteiger partial charge in [-0.3, -0.25) is 0 Å². The summed E-state index contributed by atoms with van der Waals surface area (Å²) in [7, 11) is -3.29. The van der Waals surface area contributed by atoms with E-state index in [4.69, 9.17) is 0 Å². The molecule has 0 amide bonds. The van der Waals surface area contributed by atoms with E-state index in [2.05, 4.69) is 6.92 Å². The fourth-order valence-electron chi connectivity index (χ4n) is 3.27. The Hall–Kier alpha value is -1.41. The van der Waals surface area contributed by atoms with Crippen LogP contribution in [0.2, 0.25) is 0 Å². The first-order valence-electron chi connectivity index (χ1n) is 9.64. The highest BCUT2D eigenvalue weighted by atomic mass is 31.2. The summed E-state index contributed by atoms with van der Waals surface area (Å²) in [6.45, 7) is 2.18. The van der Waals surface area contributed by atoms with Crippen LogP contribution in [0.1, 0.15) is 68.3 Å². The van der Waals surface area contributed by atoms with Gasteiger partial charge >= 0.3 is 0 Å². The molecule has 0 bridgehead atoms. The second-order valence-electron chi connectivity index (χ2n) is 6.91. The molecule has 26 heavy (non-hydrogen) atoms. The van der Waals surface area contributed by atoms with Crippen LogP contribution < -0.4 is 0 Å². The summed E-state index contributed by atoms with van der Waals surface area (Å²) in [5.74, 6) is -2.29. The first kappa shape index (κ1) is 20.9. The average Bonchev–Trinajstić information content (AvgIpc) is 2.70. The minimum absolute atomic E-state index is 0.352. The van der Waals surface area contributed by atoms with Crippen molar-refractivity contribution in [2.45, 2.75) is 57.1 Å². The molecule has 2 atom stereocenters. The van der Waals surface area contributed by atoms with Gasteiger partial charge in [-0.1, -0.05) is 99.7 Å². The minimum Gasteiger partial charge on any atom is -0.381 e. The number of hydrogen-bond acceptors (Lipinski definition) is 3. The van der Waals surface area contributed by atoms with E-state index in [9.17, 15) is 14.8 Å². The number of aliphatic hydroxyl groups excluding tert-OH is 2. The summed E-state index contributed by atoms with van der Waals surface area (Å²) >= 11 is 0. The van der Waals surface area contributed by atoms with Crippen LogP contribution in [0.15, 0.2) is 60.7 Å². The van der Waals surface area contributed by atoms with Gasteiger partial charge in [0.2, 0.25) is 0 Å². The number of benzene rings is 2. The van der Waals surface area contributed by atoms with E-state index in [0.717, 1.165) is 19.3 Å². The molecule has 0 aliphatic rings. The third kappa shape index (κ3) is 5.54. The lowest BCUT2D eigenvalue weighted by Gasteiger charge is -2.29. The van der Waals surface area contributed by atoms with Crippen molar-refractivity contribution in [2.75, 3.05) is 6.16 Å². The Bertz CT molecular complexity index is 623. The van der Waals surface area contributed by atoms with E-state index >= 15 is 0 Å². The topological polar surface area (TPSA) is 57.5 Å². The highest BCUT2D eigenvalue weighted by molar-refractivity contribution is 7.64. The van der Waals surface area contributed by atoms with Gasteiger partial charge in [-0.25, -0.2) is 0 Å². The summed E-state index contributed by atoms with van der Waals surface area (Å²) in [4.78, 5) is 0. The Morgan fingerprint density at radius 1 is 0.731 bits per heavy atom. The first-order chi connectivity index (χ1) is 12.6. The molecule has 4 heteroatoms. The fraction of sp³-hybridized carbons (Fsp3) is 0.455. The van der Waals surface area contributed by atoms with Crippen molar-refractivity contribution in [1.29, 1.82) is 0 Å². The van der Waals surface area contributed by atoms with E-state index < -0.39 is 18.8 Å². The predicted octanol–water partition coefficient (Wildman–Crippen LogP) is 6.09. The standard InChI is InChI=1S/C22H31O3P/c1-2-3-4-5-6-13-18-26(25,21(23)19-14-9-7-10-15-19)22(24)20-16-11-8-12-17-20/h7-12,14-17,21-24H,2-6,13,18H2,1H3. The van der Waals surface area contributed by atoms with E-state index in [1.165, 1.54) is 19.3 Å². The van der Waals surface area contributed by atoms with Crippen molar-refractivity contribution in [1.82, 2.24) is 0 Å². The maximum atomic E-state index is 13.8. The molecule has 142 valence electrons. The van der Waals surface area contributed by atoms with Crippen molar-refractivity contribution >= 4 is 7.14 Å². The molecule has 0 spiro atoms. The molecule has 3 nitrogen and oxygen atoms in total. The number of hydrogen-bond donors (Lipinski definition) is 2. The molecular formula is C22H31O3P. The van der Waals surface area contributed by atoms with E-state index in [0.29, 0.717) is 17.3 Å². The van der Waals surface area contributed by atoms with Gasteiger partial charge in [0.1, 0.15) is 11.7 Å².